The Hall–Kier alpha value is -1.17. The first-order valence-electron chi connectivity index (χ1n) is 5.87. The Morgan fingerprint density at radius 2 is 2.17 bits per heavy atom. The number of hydrogen-bond acceptors (Lipinski definition) is 4. The maximum Gasteiger partial charge on any atom is 0.255 e. The van der Waals surface area contributed by atoms with E-state index in [0.29, 0.717) is 37.0 Å². The van der Waals surface area contributed by atoms with Crippen molar-refractivity contribution in [3.05, 3.63) is 29.0 Å². The van der Waals surface area contributed by atoms with Crippen LogP contribution in [0.1, 0.15) is 16.8 Å². The van der Waals surface area contributed by atoms with Gasteiger partial charge >= 0.3 is 0 Å². The summed E-state index contributed by atoms with van der Waals surface area (Å²) in [5.41, 5.74) is 0.537. The summed E-state index contributed by atoms with van der Waals surface area (Å²) in [6.07, 6.45) is 2.21. The summed E-state index contributed by atoms with van der Waals surface area (Å²) < 4.78 is 11.2. The van der Waals surface area contributed by atoms with Crippen LogP contribution in [0.4, 0.5) is 0 Å². The molecule has 1 amide bonds. The molecule has 6 heteroatoms. The maximum atomic E-state index is 12.2. The summed E-state index contributed by atoms with van der Waals surface area (Å²) >= 11 is 5.70. The Morgan fingerprint density at radius 3 is 2.83 bits per heavy atom. The lowest BCUT2D eigenvalue weighted by Crippen LogP contribution is -2.36. The minimum Gasteiger partial charge on any atom is -0.346 e. The van der Waals surface area contributed by atoms with E-state index in [-0.39, 0.29) is 5.91 Å². The number of aromatic nitrogens is 1. The number of amides is 1. The van der Waals surface area contributed by atoms with Crippen LogP contribution in [0.15, 0.2) is 18.3 Å². The summed E-state index contributed by atoms with van der Waals surface area (Å²) in [6, 6.07) is 3.29. The molecule has 0 N–H and O–H groups in total. The highest BCUT2D eigenvalue weighted by Crippen LogP contribution is 2.31. The van der Waals surface area contributed by atoms with Gasteiger partial charge in [-0.05, 0) is 12.1 Å². The normalized spacial score (nSPS) is 21.7. The lowest BCUT2D eigenvalue weighted by molar-refractivity contribution is -0.143. The number of carbonyl (C=O) groups excluding carboxylic acids is 1. The topological polar surface area (TPSA) is 51.7 Å². The van der Waals surface area contributed by atoms with Crippen LogP contribution in [0, 0.1) is 0 Å². The molecule has 5 nitrogen and oxygen atoms in total. The van der Waals surface area contributed by atoms with Crippen molar-refractivity contribution in [2.75, 3.05) is 26.3 Å². The molecule has 3 rings (SSSR count). The van der Waals surface area contributed by atoms with Crippen molar-refractivity contribution in [1.29, 1.82) is 0 Å². The Kier molecular flexibility index (Phi) is 2.97. The van der Waals surface area contributed by atoms with Gasteiger partial charge in [0, 0.05) is 19.2 Å². The molecule has 1 aromatic rings. The van der Waals surface area contributed by atoms with Gasteiger partial charge in [-0.25, -0.2) is 4.98 Å². The highest BCUT2D eigenvalue weighted by molar-refractivity contribution is 6.29. The van der Waals surface area contributed by atoms with Crippen molar-refractivity contribution in [3.63, 3.8) is 0 Å². The molecule has 2 fully saturated rings. The molecule has 2 saturated heterocycles. The molecule has 3 heterocycles. The highest BCUT2D eigenvalue weighted by atomic mass is 35.5. The molecule has 0 saturated carbocycles. The molecule has 2 aliphatic heterocycles. The molecular weight excluding hydrogens is 256 g/mol. The molecule has 0 aromatic carbocycles. The number of rotatable bonds is 1. The van der Waals surface area contributed by atoms with Crippen LogP contribution in [-0.4, -0.2) is 47.9 Å². The van der Waals surface area contributed by atoms with E-state index in [1.807, 2.05) is 0 Å². The minimum atomic E-state index is -0.574. The van der Waals surface area contributed by atoms with E-state index in [9.17, 15) is 4.79 Å². The zero-order chi connectivity index (χ0) is 12.6. The first-order chi connectivity index (χ1) is 8.69. The van der Waals surface area contributed by atoms with Gasteiger partial charge in [-0.15, -0.1) is 0 Å². The second-order valence-electron chi connectivity index (χ2n) is 4.45. The zero-order valence-electron chi connectivity index (χ0n) is 9.76. The van der Waals surface area contributed by atoms with Crippen molar-refractivity contribution in [1.82, 2.24) is 9.88 Å². The van der Waals surface area contributed by atoms with E-state index in [1.165, 1.54) is 6.20 Å². The minimum absolute atomic E-state index is 0.0601. The number of pyridine rings is 1. The van der Waals surface area contributed by atoms with Crippen molar-refractivity contribution in [2.45, 2.75) is 12.2 Å². The van der Waals surface area contributed by atoms with Crippen molar-refractivity contribution < 1.29 is 14.3 Å². The lowest BCUT2D eigenvalue weighted by atomic mass is 10.2. The Labute approximate surface area is 110 Å². The fourth-order valence-electron chi connectivity index (χ4n) is 2.35. The van der Waals surface area contributed by atoms with E-state index in [1.54, 1.807) is 17.0 Å². The molecule has 0 atom stereocenters. The third-order valence-electron chi connectivity index (χ3n) is 3.27. The fraction of sp³-hybridized carbons (Fsp3) is 0.500. The van der Waals surface area contributed by atoms with Crippen LogP contribution in [0.2, 0.25) is 5.15 Å². The maximum absolute atomic E-state index is 12.2. The number of nitrogens with zero attached hydrogens (tertiary/aromatic N) is 2. The molecule has 1 spiro atoms. The van der Waals surface area contributed by atoms with Gasteiger partial charge in [0.1, 0.15) is 5.15 Å². The lowest BCUT2D eigenvalue weighted by Gasteiger charge is -2.22. The first-order valence-corrected chi connectivity index (χ1v) is 6.25. The average Bonchev–Trinajstić information content (AvgIpc) is 3.01. The number of hydrogen-bond donors (Lipinski definition) is 0. The van der Waals surface area contributed by atoms with Crippen molar-refractivity contribution >= 4 is 17.5 Å². The van der Waals surface area contributed by atoms with Gasteiger partial charge in [0.2, 0.25) is 0 Å². The largest absolute Gasteiger partial charge is 0.346 e. The van der Waals surface area contributed by atoms with Crippen LogP contribution in [0.25, 0.3) is 0 Å². The van der Waals surface area contributed by atoms with Crippen LogP contribution in [0.3, 0.4) is 0 Å². The SMILES string of the molecule is O=C(c1ccc(Cl)nc1)N1CCC2(C1)OCCO2. The summed E-state index contributed by atoms with van der Waals surface area (Å²) in [6.45, 7) is 2.32. The Morgan fingerprint density at radius 1 is 1.39 bits per heavy atom. The van der Waals surface area contributed by atoms with E-state index in [2.05, 4.69) is 4.98 Å². The molecule has 0 unspecified atom stereocenters. The van der Waals surface area contributed by atoms with Gasteiger partial charge in [0.15, 0.2) is 5.79 Å². The van der Waals surface area contributed by atoms with Crippen molar-refractivity contribution in [3.8, 4) is 0 Å². The van der Waals surface area contributed by atoms with E-state index in [0.717, 1.165) is 6.42 Å². The smallest absolute Gasteiger partial charge is 0.255 e. The fourth-order valence-corrected chi connectivity index (χ4v) is 2.46. The van der Waals surface area contributed by atoms with Gasteiger partial charge in [0.05, 0.1) is 25.3 Å². The molecule has 0 bridgehead atoms. The highest BCUT2D eigenvalue weighted by Gasteiger charge is 2.44. The summed E-state index contributed by atoms with van der Waals surface area (Å²) in [5.74, 6) is -0.634. The number of likely N-dealkylation sites (tertiary alicyclic amines) is 1. The summed E-state index contributed by atoms with van der Waals surface area (Å²) in [4.78, 5) is 17.9. The average molecular weight is 269 g/mol. The predicted octanol–water partition coefficient (Wildman–Crippen LogP) is 1.32. The van der Waals surface area contributed by atoms with Gasteiger partial charge in [0.25, 0.3) is 5.91 Å². The van der Waals surface area contributed by atoms with Crippen LogP contribution in [-0.2, 0) is 9.47 Å². The third kappa shape index (κ3) is 2.09. The quantitative estimate of drug-likeness (QED) is 0.721. The molecule has 96 valence electrons. The second-order valence-corrected chi connectivity index (χ2v) is 4.84. The van der Waals surface area contributed by atoms with E-state index >= 15 is 0 Å². The Balaban J connectivity index is 1.72. The molecule has 0 radical (unpaired) electrons. The van der Waals surface area contributed by atoms with E-state index in [4.69, 9.17) is 21.1 Å². The van der Waals surface area contributed by atoms with Gasteiger partial charge in [-0.2, -0.15) is 0 Å². The van der Waals surface area contributed by atoms with Gasteiger partial charge in [-0.3, -0.25) is 4.79 Å². The molecule has 2 aliphatic rings. The number of halogens is 1. The Bertz CT molecular complexity index is 457. The van der Waals surface area contributed by atoms with Gasteiger partial charge in [-0.1, -0.05) is 11.6 Å². The second kappa shape index (κ2) is 4.50. The number of ether oxygens (including phenoxy) is 2. The van der Waals surface area contributed by atoms with Crippen LogP contribution in [0.5, 0.6) is 0 Å². The standard InChI is InChI=1S/C12H13ClN2O3/c13-10-2-1-9(7-14-10)11(16)15-4-3-12(8-15)17-5-6-18-12/h1-2,7H,3-6,8H2. The summed E-state index contributed by atoms with van der Waals surface area (Å²) in [7, 11) is 0. The molecule has 1 aromatic heterocycles. The predicted molar refractivity (Wildman–Crippen MR) is 64.4 cm³/mol. The molecule has 0 aliphatic carbocycles. The molecular formula is C12H13ClN2O3. The monoisotopic (exact) mass is 268 g/mol. The summed E-state index contributed by atoms with van der Waals surface area (Å²) in [5, 5.41) is 0.381. The first kappa shape index (κ1) is 11.9. The zero-order valence-corrected chi connectivity index (χ0v) is 10.5. The third-order valence-corrected chi connectivity index (χ3v) is 3.49. The van der Waals surface area contributed by atoms with Crippen LogP contribution >= 0.6 is 11.6 Å². The van der Waals surface area contributed by atoms with Crippen molar-refractivity contribution in [2.24, 2.45) is 0 Å². The van der Waals surface area contributed by atoms with Crippen LogP contribution < -0.4 is 0 Å². The van der Waals surface area contributed by atoms with Gasteiger partial charge < -0.3 is 14.4 Å². The molecule has 18 heavy (non-hydrogen) atoms. The number of carbonyl (C=O) groups is 1. The van der Waals surface area contributed by atoms with E-state index < -0.39 is 5.79 Å².